The summed E-state index contributed by atoms with van der Waals surface area (Å²) in [5, 5.41) is 9.30. The van der Waals surface area contributed by atoms with Crippen LogP contribution in [0, 0.1) is 0 Å². The first-order chi connectivity index (χ1) is 8.99. The molecular weight excluding hydrogens is 268 g/mol. The van der Waals surface area contributed by atoms with Crippen LogP contribution in [0.25, 0.3) is 0 Å². The van der Waals surface area contributed by atoms with Gasteiger partial charge < -0.3 is 15.7 Å². The lowest BCUT2D eigenvalue weighted by Gasteiger charge is -2.26. The molecule has 1 aliphatic carbocycles. The lowest BCUT2D eigenvalue weighted by Crippen LogP contribution is -2.30. The molecule has 0 unspecified atom stereocenters. The van der Waals surface area contributed by atoms with E-state index in [1.807, 2.05) is 4.90 Å². The minimum absolute atomic E-state index is 0.0151. The summed E-state index contributed by atoms with van der Waals surface area (Å²) in [6.45, 7) is 0.348. The van der Waals surface area contributed by atoms with Crippen LogP contribution in [0.2, 0.25) is 5.02 Å². The second kappa shape index (κ2) is 5.48. The lowest BCUT2D eigenvalue weighted by molar-refractivity contribution is -0.136. The zero-order valence-corrected chi connectivity index (χ0v) is 11.1. The van der Waals surface area contributed by atoms with Crippen molar-refractivity contribution in [2.24, 2.45) is 5.73 Å². The normalized spacial score (nSPS) is 14.2. The Hall–Kier alpha value is -1.75. The highest BCUT2D eigenvalue weighted by molar-refractivity contribution is 6.31. The largest absolute Gasteiger partial charge is 0.481 e. The molecule has 0 atom stereocenters. The SMILES string of the molecule is NC(=O)c1ccc(Cl)cc1N(CCC(=O)O)C1CC1. The smallest absolute Gasteiger partial charge is 0.305 e. The second-order valence-corrected chi connectivity index (χ2v) is 5.03. The van der Waals surface area contributed by atoms with Gasteiger partial charge in [0.1, 0.15) is 0 Å². The highest BCUT2D eigenvalue weighted by atomic mass is 35.5. The van der Waals surface area contributed by atoms with Crippen molar-refractivity contribution in [3.63, 3.8) is 0 Å². The number of hydrogen-bond donors (Lipinski definition) is 2. The summed E-state index contributed by atoms with van der Waals surface area (Å²) in [5.74, 6) is -1.40. The van der Waals surface area contributed by atoms with Crippen LogP contribution >= 0.6 is 11.6 Å². The molecule has 6 heteroatoms. The van der Waals surface area contributed by atoms with E-state index in [9.17, 15) is 9.59 Å². The van der Waals surface area contributed by atoms with Crippen molar-refractivity contribution in [2.45, 2.75) is 25.3 Å². The van der Waals surface area contributed by atoms with Gasteiger partial charge in [0, 0.05) is 17.6 Å². The Balaban J connectivity index is 2.32. The number of carboxylic acid groups (broad SMARTS) is 1. The van der Waals surface area contributed by atoms with Crippen LogP contribution in [-0.4, -0.2) is 29.6 Å². The number of carbonyl (C=O) groups is 2. The van der Waals surface area contributed by atoms with Crippen LogP contribution in [0.3, 0.4) is 0 Å². The first-order valence-electron chi connectivity index (χ1n) is 6.07. The van der Waals surface area contributed by atoms with Gasteiger partial charge in [0.05, 0.1) is 17.7 Å². The number of amides is 1. The third kappa shape index (κ3) is 3.38. The molecule has 19 heavy (non-hydrogen) atoms. The predicted molar refractivity (Wildman–Crippen MR) is 72.6 cm³/mol. The molecule has 0 radical (unpaired) electrons. The third-order valence-electron chi connectivity index (χ3n) is 3.09. The molecule has 0 bridgehead atoms. The maximum Gasteiger partial charge on any atom is 0.305 e. The Kier molecular flexibility index (Phi) is 3.95. The fraction of sp³-hybridized carbons (Fsp3) is 0.385. The van der Waals surface area contributed by atoms with E-state index in [-0.39, 0.29) is 12.5 Å². The summed E-state index contributed by atoms with van der Waals surface area (Å²) in [4.78, 5) is 24.1. The summed E-state index contributed by atoms with van der Waals surface area (Å²) in [5.41, 5.74) is 6.36. The van der Waals surface area contributed by atoms with Crippen molar-refractivity contribution in [1.82, 2.24) is 0 Å². The predicted octanol–water partition coefficient (Wildman–Crippen LogP) is 1.88. The van der Waals surface area contributed by atoms with E-state index < -0.39 is 11.9 Å². The number of anilines is 1. The van der Waals surface area contributed by atoms with Crippen LogP contribution in [0.4, 0.5) is 5.69 Å². The number of nitrogens with two attached hydrogens (primary N) is 1. The van der Waals surface area contributed by atoms with Gasteiger partial charge in [0.25, 0.3) is 5.91 Å². The number of aliphatic carboxylic acids is 1. The highest BCUT2D eigenvalue weighted by Crippen LogP contribution is 2.35. The number of hydrogen-bond acceptors (Lipinski definition) is 3. The minimum Gasteiger partial charge on any atom is -0.481 e. The van der Waals surface area contributed by atoms with Gasteiger partial charge in [-0.3, -0.25) is 9.59 Å². The number of benzene rings is 1. The highest BCUT2D eigenvalue weighted by Gasteiger charge is 2.31. The van der Waals surface area contributed by atoms with Crippen LogP contribution in [-0.2, 0) is 4.79 Å². The Labute approximate surface area is 116 Å². The zero-order valence-electron chi connectivity index (χ0n) is 10.3. The van der Waals surface area contributed by atoms with Gasteiger partial charge in [-0.1, -0.05) is 11.6 Å². The van der Waals surface area contributed by atoms with E-state index in [0.29, 0.717) is 22.8 Å². The molecule has 1 aromatic rings. The van der Waals surface area contributed by atoms with Crippen LogP contribution in [0.5, 0.6) is 0 Å². The minimum atomic E-state index is -0.867. The van der Waals surface area contributed by atoms with E-state index in [4.69, 9.17) is 22.4 Å². The number of rotatable bonds is 6. The fourth-order valence-corrected chi connectivity index (χ4v) is 2.22. The summed E-state index contributed by atoms with van der Waals surface area (Å²) < 4.78 is 0. The molecule has 3 N–H and O–H groups in total. The Morgan fingerprint density at radius 1 is 1.42 bits per heavy atom. The molecule has 5 nitrogen and oxygen atoms in total. The molecule has 1 fully saturated rings. The molecule has 1 aliphatic rings. The summed E-state index contributed by atoms with van der Waals surface area (Å²) in [6.07, 6.45) is 2.00. The summed E-state index contributed by atoms with van der Waals surface area (Å²) >= 11 is 5.96. The summed E-state index contributed by atoms with van der Waals surface area (Å²) in [7, 11) is 0. The van der Waals surface area contributed by atoms with E-state index >= 15 is 0 Å². The topological polar surface area (TPSA) is 83.6 Å². The Morgan fingerprint density at radius 2 is 2.11 bits per heavy atom. The number of carboxylic acids is 1. The van der Waals surface area contributed by atoms with E-state index in [2.05, 4.69) is 0 Å². The first-order valence-corrected chi connectivity index (χ1v) is 6.44. The molecule has 0 spiro atoms. The van der Waals surface area contributed by atoms with Crippen LogP contribution < -0.4 is 10.6 Å². The molecule has 2 rings (SSSR count). The average Bonchev–Trinajstić information content (AvgIpc) is 3.13. The van der Waals surface area contributed by atoms with Crippen molar-refractivity contribution in [3.05, 3.63) is 28.8 Å². The molecule has 0 saturated heterocycles. The first kappa shape index (κ1) is 13.7. The van der Waals surface area contributed by atoms with Gasteiger partial charge in [0.15, 0.2) is 0 Å². The van der Waals surface area contributed by atoms with Gasteiger partial charge in [-0.15, -0.1) is 0 Å². The maximum atomic E-state index is 11.5. The van der Waals surface area contributed by atoms with Crippen molar-refractivity contribution in [3.8, 4) is 0 Å². The number of primary amides is 1. The fourth-order valence-electron chi connectivity index (χ4n) is 2.05. The van der Waals surface area contributed by atoms with Gasteiger partial charge >= 0.3 is 5.97 Å². The average molecular weight is 283 g/mol. The molecule has 0 aromatic heterocycles. The molecule has 0 heterocycles. The zero-order chi connectivity index (χ0) is 14.0. The Morgan fingerprint density at radius 3 is 2.63 bits per heavy atom. The number of nitrogens with zero attached hydrogens (tertiary/aromatic N) is 1. The van der Waals surface area contributed by atoms with Gasteiger partial charge in [-0.05, 0) is 31.0 Å². The van der Waals surface area contributed by atoms with E-state index in [1.54, 1.807) is 18.2 Å². The van der Waals surface area contributed by atoms with Crippen molar-refractivity contribution < 1.29 is 14.7 Å². The molecular formula is C13H15ClN2O3. The van der Waals surface area contributed by atoms with Crippen molar-refractivity contribution >= 4 is 29.2 Å². The number of halogens is 1. The third-order valence-corrected chi connectivity index (χ3v) is 3.32. The van der Waals surface area contributed by atoms with Crippen molar-refractivity contribution in [1.29, 1.82) is 0 Å². The van der Waals surface area contributed by atoms with Crippen LogP contribution in [0.1, 0.15) is 29.6 Å². The molecule has 1 saturated carbocycles. The molecule has 1 amide bonds. The lowest BCUT2D eigenvalue weighted by atomic mass is 10.1. The maximum absolute atomic E-state index is 11.5. The number of carbonyl (C=O) groups excluding carboxylic acids is 1. The van der Waals surface area contributed by atoms with Crippen molar-refractivity contribution in [2.75, 3.05) is 11.4 Å². The van der Waals surface area contributed by atoms with Crippen LogP contribution in [0.15, 0.2) is 18.2 Å². The summed E-state index contributed by atoms with van der Waals surface area (Å²) in [6, 6.07) is 5.13. The quantitative estimate of drug-likeness (QED) is 0.834. The van der Waals surface area contributed by atoms with E-state index in [0.717, 1.165) is 12.8 Å². The monoisotopic (exact) mass is 282 g/mol. The standard InChI is InChI=1S/C13H15ClN2O3/c14-8-1-4-10(13(15)19)11(7-8)16(9-2-3-9)6-5-12(17)18/h1,4,7,9H,2-3,5-6H2,(H2,15,19)(H,17,18). The van der Waals surface area contributed by atoms with Gasteiger partial charge in [0.2, 0.25) is 0 Å². The molecule has 1 aromatic carbocycles. The molecule has 0 aliphatic heterocycles. The second-order valence-electron chi connectivity index (χ2n) is 4.59. The Bertz CT molecular complexity index is 515. The van der Waals surface area contributed by atoms with Gasteiger partial charge in [-0.25, -0.2) is 0 Å². The molecule has 102 valence electrons. The van der Waals surface area contributed by atoms with E-state index in [1.165, 1.54) is 0 Å². The van der Waals surface area contributed by atoms with Gasteiger partial charge in [-0.2, -0.15) is 0 Å².